The molecule has 2 aromatic heterocycles. The van der Waals surface area contributed by atoms with E-state index in [1.54, 1.807) is 11.8 Å². The van der Waals surface area contributed by atoms with Gasteiger partial charge in [0.05, 0.1) is 5.52 Å². The topological polar surface area (TPSA) is 46.8 Å². The minimum Gasteiger partial charge on any atom is -0.305 e. The summed E-state index contributed by atoms with van der Waals surface area (Å²) in [6.07, 6.45) is 2.48. The number of aromatic nitrogens is 4. The smallest absolute Gasteiger partial charge is 0.191 e. The lowest BCUT2D eigenvalue weighted by Crippen LogP contribution is -2.27. The average molecular weight is 527 g/mol. The molecule has 1 aliphatic carbocycles. The lowest BCUT2D eigenvalue weighted by atomic mass is 9.95. The minimum atomic E-state index is 0. The van der Waals surface area contributed by atoms with Crippen LogP contribution in [0, 0.1) is 12.8 Å². The van der Waals surface area contributed by atoms with Crippen LogP contribution in [-0.4, -0.2) is 50.0 Å². The summed E-state index contributed by atoms with van der Waals surface area (Å²) in [6.45, 7) is 5.55. The maximum absolute atomic E-state index is 6.09. The number of likely N-dealkylation sites (tertiary alicyclic amines) is 1. The normalized spacial score (nSPS) is 21.2. The van der Waals surface area contributed by atoms with Gasteiger partial charge in [0.2, 0.25) is 0 Å². The zero-order valence-electron chi connectivity index (χ0n) is 19.9. The summed E-state index contributed by atoms with van der Waals surface area (Å²) in [4.78, 5) is 7.23. The van der Waals surface area contributed by atoms with E-state index in [0.29, 0.717) is 5.41 Å². The van der Waals surface area contributed by atoms with Crippen molar-refractivity contribution in [2.75, 3.05) is 25.4 Å². The molecule has 5 nitrogen and oxygen atoms in total. The van der Waals surface area contributed by atoms with E-state index in [2.05, 4.69) is 68.1 Å². The highest BCUT2D eigenvalue weighted by Gasteiger charge is 2.60. The van der Waals surface area contributed by atoms with E-state index < -0.39 is 0 Å². The first-order valence-electron chi connectivity index (χ1n) is 11.9. The molecule has 0 radical (unpaired) electrons. The summed E-state index contributed by atoms with van der Waals surface area (Å²) in [5.41, 5.74) is 4.96. The van der Waals surface area contributed by atoms with Gasteiger partial charge in [0.25, 0.3) is 0 Å². The molecule has 4 aromatic rings. The number of hydrogen-bond acceptors (Lipinski definition) is 5. The number of thioether (sulfide) groups is 1. The van der Waals surface area contributed by atoms with Crippen molar-refractivity contribution in [2.24, 2.45) is 13.0 Å². The zero-order chi connectivity index (χ0) is 23.3. The van der Waals surface area contributed by atoms with Gasteiger partial charge in [0.15, 0.2) is 11.0 Å². The van der Waals surface area contributed by atoms with E-state index in [1.807, 2.05) is 25.1 Å². The number of benzene rings is 2. The molecule has 2 fully saturated rings. The van der Waals surface area contributed by atoms with Gasteiger partial charge >= 0.3 is 0 Å². The van der Waals surface area contributed by atoms with Crippen LogP contribution in [0.4, 0.5) is 0 Å². The summed E-state index contributed by atoms with van der Waals surface area (Å²) in [5, 5.41) is 11.9. The fraction of sp³-hybridized carbons (Fsp3) is 0.370. The Morgan fingerprint density at radius 2 is 1.91 bits per heavy atom. The summed E-state index contributed by atoms with van der Waals surface area (Å²) in [5.74, 6) is 2.75. The predicted molar refractivity (Wildman–Crippen MR) is 147 cm³/mol. The van der Waals surface area contributed by atoms with Gasteiger partial charge in [-0.05, 0) is 74.2 Å². The number of halogens is 2. The van der Waals surface area contributed by atoms with E-state index >= 15 is 0 Å². The predicted octanol–water partition coefficient (Wildman–Crippen LogP) is 6.17. The van der Waals surface area contributed by atoms with E-state index in [9.17, 15) is 0 Å². The Hall–Kier alpha value is -2.12. The number of pyridine rings is 1. The molecule has 2 aliphatic rings. The fourth-order valence-corrected chi connectivity index (χ4v) is 6.46. The molecule has 1 saturated carbocycles. The first-order chi connectivity index (χ1) is 16.5. The summed E-state index contributed by atoms with van der Waals surface area (Å²) >= 11 is 7.89. The molecule has 0 spiro atoms. The van der Waals surface area contributed by atoms with E-state index in [4.69, 9.17) is 11.6 Å². The molecule has 0 N–H and O–H groups in total. The van der Waals surface area contributed by atoms with Gasteiger partial charge in [-0.2, -0.15) is 0 Å². The molecule has 0 bridgehead atoms. The quantitative estimate of drug-likeness (QED) is 0.213. The Bertz CT molecular complexity index is 1360. The third-order valence-corrected chi connectivity index (χ3v) is 8.77. The first-order valence-corrected chi connectivity index (χ1v) is 13.3. The van der Waals surface area contributed by atoms with Gasteiger partial charge in [-0.15, -0.1) is 22.6 Å². The molecule has 2 aromatic carbocycles. The first kappa shape index (κ1) is 24.6. The highest BCUT2D eigenvalue weighted by molar-refractivity contribution is 7.99. The fourth-order valence-electron chi connectivity index (χ4n) is 5.50. The van der Waals surface area contributed by atoms with Crippen molar-refractivity contribution >= 4 is 46.7 Å². The van der Waals surface area contributed by atoms with Gasteiger partial charge in [0, 0.05) is 53.0 Å². The van der Waals surface area contributed by atoms with Crippen LogP contribution in [0.25, 0.3) is 22.3 Å². The van der Waals surface area contributed by atoms with Gasteiger partial charge < -0.3 is 9.47 Å². The van der Waals surface area contributed by atoms with Gasteiger partial charge in [-0.3, -0.25) is 4.98 Å². The summed E-state index contributed by atoms with van der Waals surface area (Å²) < 4.78 is 2.11. The maximum atomic E-state index is 6.09. The Balaban J connectivity index is 0.00000253. The number of nitrogens with zero attached hydrogens (tertiary/aromatic N) is 5. The highest BCUT2D eigenvalue weighted by Crippen LogP contribution is 2.59. The largest absolute Gasteiger partial charge is 0.305 e. The van der Waals surface area contributed by atoms with Crippen LogP contribution in [0.15, 0.2) is 59.8 Å². The lowest BCUT2D eigenvalue weighted by molar-refractivity contribution is 0.299. The third-order valence-electron chi connectivity index (χ3n) is 7.41. The summed E-state index contributed by atoms with van der Waals surface area (Å²) in [6, 6.07) is 19.0. The number of fused-ring (bicyclic) bond motifs is 2. The van der Waals surface area contributed by atoms with Crippen molar-refractivity contribution in [1.82, 2.24) is 24.6 Å². The zero-order valence-corrected chi connectivity index (χ0v) is 22.3. The van der Waals surface area contributed by atoms with Crippen molar-refractivity contribution in [1.29, 1.82) is 0 Å². The molecule has 8 heteroatoms. The SMILES string of the molecule is Cc1ccc2cc(-c3nnc(SCCCN4C[C@H]5C[C@@]5(c5ccc(Cl)cc5)C4)n3C)ccc2n1.Cl. The Morgan fingerprint density at radius 1 is 1.09 bits per heavy atom. The summed E-state index contributed by atoms with van der Waals surface area (Å²) in [7, 11) is 2.05. The molecule has 0 unspecified atom stereocenters. The molecule has 35 heavy (non-hydrogen) atoms. The van der Waals surface area contributed by atoms with Gasteiger partial charge in [-0.1, -0.05) is 41.6 Å². The van der Waals surface area contributed by atoms with Crippen LogP contribution in [0.2, 0.25) is 5.02 Å². The number of aryl methyl sites for hydroxylation is 1. The monoisotopic (exact) mass is 525 g/mol. The van der Waals surface area contributed by atoms with Gasteiger partial charge in [0.1, 0.15) is 0 Å². The van der Waals surface area contributed by atoms with Gasteiger partial charge in [-0.25, -0.2) is 0 Å². The second kappa shape index (κ2) is 9.74. The second-order valence-electron chi connectivity index (χ2n) is 9.73. The molecular formula is C27H29Cl2N5S. The Kier molecular flexibility index (Phi) is 6.83. The average Bonchev–Trinajstić information content (AvgIpc) is 3.21. The van der Waals surface area contributed by atoms with Crippen LogP contribution >= 0.6 is 35.8 Å². The third kappa shape index (κ3) is 4.69. The molecule has 1 aliphatic heterocycles. The van der Waals surface area contributed by atoms with Crippen molar-refractivity contribution in [3.8, 4) is 11.4 Å². The van der Waals surface area contributed by atoms with Crippen molar-refractivity contribution in [2.45, 2.75) is 30.3 Å². The maximum Gasteiger partial charge on any atom is 0.191 e. The molecule has 2 atom stereocenters. The van der Waals surface area contributed by atoms with Crippen LogP contribution in [-0.2, 0) is 12.5 Å². The lowest BCUT2D eigenvalue weighted by Gasteiger charge is -2.21. The molecule has 6 rings (SSSR count). The van der Waals surface area contributed by atoms with E-state index in [1.165, 1.54) is 25.1 Å². The Morgan fingerprint density at radius 3 is 2.74 bits per heavy atom. The van der Waals surface area contributed by atoms with Crippen LogP contribution in [0.5, 0.6) is 0 Å². The van der Waals surface area contributed by atoms with Crippen molar-refractivity contribution in [3.63, 3.8) is 0 Å². The number of piperidine rings is 1. The van der Waals surface area contributed by atoms with Crippen LogP contribution in [0.1, 0.15) is 24.1 Å². The molecule has 182 valence electrons. The molecule has 1 saturated heterocycles. The minimum absolute atomic E-state index is 0. The van der Waals surface area contributed by atoms with Crippen molar-refractivity contribution < 1.29 is 0 Å². The van der Waals surface area contributed by atoms with E-state index in [0.717, 1.165) is 62.8 Å². The number of rotatable bonds is 7. The Labute approximate surface area is 221 Å². The number of hydrogen-bond donors (Lipinski definition) is 0. The van der Waals surface area contributed by atoms with Crippen LogP contribution in [0.3, 0.4) is 0 Å². The van der Waals surface area contributed by atoms with E-state index in [-0.39, 0.29) is 12.4 Å². The molecular weight excluding hydrogens is 497 g/mol. The standard InChI is InChI=1S/C27H28ClN5S.ClH/c1-18-4-5-19-14-20(6-11-24(19)29-18)25-30-31-26(32(25)2)34-13-3-12-33-16-22-15-27(22,17-33)21-7-9-23(28)10-8-21;/h4-11,14,22H,3,12-13,15-17H2,1-2H3;1H/t22-,27+;/m1./s1. The van der Waals surface area contributed by atoms with Crippen LogP contribution < -0.4 is 0 Å². The molecule has 0 amide bonds. The second-order valence-corrected chi connectivity index (χ2v) is 11.2. The molecule has 3 heterocycles. The highest BCUT2D eigenvalue weighted by atomic mass is 35.5. The van der Waals surface area contributed by atoms with Crippen molar-refractivity contribution in [3.05, 3.63) is 70.9 Å².